The van der Waals surface area contributed by atoms with E-state index in [1.165, 1.54) is 28.3 Å². The maximum atomic E-state index is 12.5. The molecular formula is C21H16N2O3. The number of anilines is 1. The van der Waals surface area contributed by atoms with Gasteiger partial charge in [0, 0.05) is 22.9 Å². The van der Waals surface area contributed by atoms with Crippen LogP contribution in [0.3, 0.4) is 0 Å². The number of hydrogen-bond donors (Lipinski definition) is 1. The fraction of sp³-hybridized carbons (Fsp3) is 0.0952. The van der Waals surface area contributed by atoms with E-state index in [0.29, 0.717) is 11.3 Å². The monoisotopic (exact) mass is 344 g/mol. The highest BCUT2D eigenvalue weighted by molar-refractivity contribution is 6.05. The highest BCUT2D eigenvalue weighted by Gasteiger charge is 2.19. The topological polar surface area (TPSA) is 72.2 Å². The highest BCUT2D eigenvalue weighted by Crippen LogP contribution is 2.37. The van der Waals surface area contributed by atoms with E-state index in [-0.39, 0.29) is 17.2 Å². The predicted molar refractivity (Wildman–Crippen MR) is 100 cm³/mol. The summed E-state index contributed by atoms with van der Waals surface area (Å²) in [6, 6.07) is 18.6. The van der Waals surface area contributed by atoms with Gasteiger partial charge in [-0.2, -0.15) is 0 Å². The van der Waals surface area contributed by atoms with Crippen molar-refractivity contribution in [3.8, 4) is 11.1 Å². The molecule has 1 N–H and O–H groups in total. The third kappa shape index (κ3) is 2.73. The molecule has 0 spiro atoms. The van der Waals surface area contributed by atoms with Crippen molar-refractivity contribution in [3.05, 3.63) is 93.0 Å². The van der Waals surface area contributed by atoms with Crippen LogP contribution in [0, 0.1) is 17.0 Å². The minimum absolute atomic E-state index is 0.0537. The van der Waals surface area contributed by atoms with Crippen LogP contribution in [0.4, 0.5) is 11.4 Å². The normalized spacial score (nSPS) is 11.6. The van der Waals surface area contributed by atoms with Crippen LogP contribution in [0.25, 0.3) is 11.1 Å². The predicted octanol–water partition coefficient (Wildman–Crippen LogP) is 4.73. The summed E-state index contributed by atoms with van der Waals surface area (Å²) in [5.74, 6) is -0.358. The fourth-order valence-electron chi connectivity index (χ4n) is 3.37. The maximum Gasteiger partial charge on any atom is 0.273 e. The van der Waals surface area contributed by atoms with Crippen molar-refractivity contribution in [1.82, 2.24) is 0 Å². The first-order valence-electron chi connectivity index (χ1n) is 8.30. The lowest BCUT2D eigenvalue weighted by Crippen LogP contribution is -2.12. The number of rotatable bonds is 3. The number of amides is 1. The summed E-state index contributed by atoms with van der Waals surface area (Å²) in [4.78, 5) is 23.1. The van der Waals surface area contributed by atoms with Crippen molar-refractivity contribution < 1.29 is 9.72 Å². The lowest BCUT2D eigenvalue weighted by molar-refractivity contribution is -0.385. The van der Waals surface area contributed by atoms with E-state index < -0.39 is 4.92 Å². The first-order chi connectivity index (χ1) is 12.5. The van der Waals surface area contributed by atoms with Crippen LogP contribution in [-0.2, 0) is 6.42 Å². The number of hydrogen-bond acceptors (Lipinski definition) is 3. The number of carbonyl (C=O) groups is 1. The Morgan fingerprint density at radius 1 is 1.00 bits per heavy atom. The van der Waals surface area contributed by atoms with Gasteiger partial charge in [-0.25, -0.2) is 0 Å². The molecule has 0 saturated carbocycles. The number of fused-ring (bicyclic) bond motifs is 3. The van der Waals surface area contributed by atoms with E-state index in [0.717, 1.165) is 6.42 Å². The number of nitro groups is 1. The SMILES string of the molecule is Cc1ccc(C(=O)Nc2ccc3c(c2)Cc2ccccc2-3)cc1[N+](=O)[O-]. The first-order valence-corrected chi connectivity index (χ1v) is 8.30. The maximum absolute atomic E-state index is 12.5. The molecule has 0 heterocycles. The number of carbonyl (C=O) groups excluding carboxylic acids is 1. The molecule has 26 heavy (non-hydrogen) atoms. The Kier molecular flexibility index (Phi) is 3.77. The zero-order valence-electron chi connectivity index (χ0n) is 14.2. The summed E-state index contributed by atoms with van der Waals surface area (Å²) < 4.78 is 0. The molecule has 1 aliphatic rings. The minimum atomic E-state index is -0.473. The van der Waals surface area contributed by atoms with E-state index >= 15 is 0 Å². The zero-order chi connectivity index (χ0) is 18.3. The third-order valence-corrected chi connectivity index (χ3v) is 4.72. The zero-order valence-corrected chi connectivity index (χ0v) is 14.2. The van der Waals surface area contributed by atoms with E-state index in [9.17, 15) is 14.9 Å². The van der Waals surface area contributed by atoms with Crippen LogP contribution in [0.2, 0.25) is 0 Å². The molecule has 5 heteroatoms. The third-order valence-electron chi connectivity index (χ3n) is 4.72. The largest absolute Gasteiger partial charge is 0.322 e. The average Bonchev–Trinajstić information content (AvgIpc) is 2.99. The molecule has 128 valence electrons. The first kappa shape index (κ1) is 16.0. The van der Waals surface area contributed by atoms with E-state index in [2.05, 4.69) is 17.4 Å². The van der Waals surface area contributed by atoms with Gasteiger partial charge < -0.3 is 5.32 Å². The van der Waals surface area contributed by atoms with Gasteiger partial charge in [0.2, 0.25) is 0 Å². The molecule has 0 saturated heterocycles. The van der Waals surface area contributed by atoms with Gasteiger partial charge >= 0.3 is 0 Å². The molecule has 1 aliphatic carbocycles. The van der Waals surface area contributed by atoms with Crippen molar-refractivity contribution in [3.63, 3.8) is 0 Å². The van der Waals surface area contributed by atoms with Crippen molar-refractivity contribution in [2.24, 2.45) is 0 Å². The standard InChI is InChI=1S/C21H16N2O3/c1-13-6-7-15(12-20(13)23(25)26)21(24)22-17-8-9-19-16(11-17)10-14-4-2-3-5-18(14)19/h2-9,11-12H,10H2,1H3,(H,22,24). The summed E-state index contributed by atoms with van der Waals surface area (Å²) in [6.07, 6.45) is 0.839. The van der Waals surface area contributed by atoms with Gasteiger partial charge in [-0.15, -0.1) is 0 Å². The minimum Gasteiger partial charge on any atom is -0.322 e. The van der Waals surface area contributed by atoms with Gasteiger partial charge in [-0.3, -0.25) is 14.9 Å². The fourth-order valence-corrected chi connectivity index (χ4v) is 3.37. The lowest BCUT2D eigenvalue weighted by Gasteiger charge is -2.08. The van der Waals surface area contributed by atoms with Gasteiger partial charge in [0.15, 0.2) is 0 Å². The van der Waals surface area contributed by atoms with Gasteiger partial charge in [-0.1, -0.05) is 36.4 Å². The molecule has 0 radical (unpaired) electrons. The second-order valence-electron chi connectivity index (χ2n) is 6.42. The summed E-state index contributed by atoms with van der Waals surface area (Å²) in [6.45, 7) is 1.65. The molecule has 4 rings (SSSR count). The summed E-state index contributed by atoms with van der Waals surface area (Å²) >= 11 is 0. The number of benzene rings is 3. The van der Waals surface area contributed by atoms with Crippen LogP contribution in [0.15, 0.2) is 60.7 Å². The molecule has 0 atom stereocenters. The molecule has 0 unspecified atom stereocenters. The van der Waals surface area contributed by atoms with Crippen LogP contribution in [0.5, 0.6) is 0 Å². The molecule has 3 aromatic rings. The molecule has 0 fully saturated rings. The van der Waals surface area contributed by atoms with Crippen molar-refractivity contribution in [2.75, 3.05) is 5.32 Å². The van der Waals surface area contributed by atoms with Gasteiger partial charge in [-0.05, 0) is 53.8 Å². The quantitative estimate of drug-likeness (QED) is 0.431. The van der Waals surface area contributed by atoms with E-state index in [1.807, 2.05) is 30.3 Å². The van der Waals surface area contributed by atoms with Crippen LogP contribution in [0.1, 0.15) is 27.0 Å². The number of aryl methyl sites for hydroxylation is 1. The van der Waals surface area contributed by atoms with Gasteiger partial charge in [0.25, 0.3) is 11.6 Å². The molecular weight excluding hydrogens is 328 g/mol. The average molecular weight is 344 g/mol. The van der Waals surface area contributed by atoms with Crippen LogP contribution in [-0.4, -0.2) is 10.8 Å². The number of nitro benzene ring substituents is 1. The second kappa shape index (κ2) is 6.11. The Morgan fingerprint density at radius 3 is 2.58 bits per heavy atom. The van der Waals surface area contributed by atoms with Crippen molar-refractivity contribution in [1.29, 1.82) is 0 Å². The Balaban J connectivity index is 1.59. The molecule has 5 nitrogen and oxygen atoms in total. The number of nitrogens with zero attached hydrogens (tertiary/aromatic N) is 1. The highest BCUT2D eigenvalue weighted by atomic mass is 16.6. The molecule has 0 aromatic heterocycles. The second-order valence-corrected chi connectivity index (χ2v) is 6.42. The van der Waals surface area contributed by atoms with Crippen LogP contribution < -0.4 is 5.32 Å². The van der Waals surface area contributed by atoms with E-state index in [4.69, 9.17) is 0 Å². The smallest absolute Gasteiger partial charge is 0.273 e. The Bertz CT molecular complexity index is 1060. The number of nitrogens with one attached hydrogen (secondary N) is 1. The summed E-state index contributed by atoms with van der Waals surface area (Å²) in [7, 11) is 0. The van der Waals surface area contributed by atoms with Crippen molar-refractivity contribution in [2.45, 2.75) is 13.3 Å². The summed E-state index contributed by atoms with van der Waals surface area (Å²) in [5.41, 5.74) is 6.29. The van der Waals surface area contributed by atoms with Crippen molar-refractivity contribution >= 4 is 17.3 Å². The van der Waals surface area contributed by atoms with Crippen LogP contribution >= 0.6 is 0 Å². The molecule has 1 amide bonds. The summed E-state index contributed by atoms with van der Waals surface area (Å²) in [5, 5.41) is 13.9. The Labute approximate surface area is 150 Å². The van der Waals surface area contributed by atoms with E-state index in [1.54, 1.807) is 19.1 Å². The Morgan fingerprint density at radius 2 is 1.77 bits per heavy atom. The van der Waals surface area contributed by atoms with Gasteiger partial charge in [0.1, 0.15) is 0 Å². The molecule has 0 aliphatic heterocycles. The molecule has 0 bridgehead atoms. The Hall–Kier alpha value is -3.47. The molecule has 3 aromatic carbocycles. The van der Waals surface area contributed by atoms with Gasteiger partial charge in [0.05, 0.1) is 4.92 Å². The lowest BCUT2D eigenvalue weighted by atomic mass is 10.1.